The van der Waals surface area contributed by atoms with Gasteiger partial charge in [-0.3, -0.25) is 0 Å². The lowest BCUT2D eigenvalue weighted by Gasteiger charge is -2.31. The zero-order valence-electron chi connectivity index (χ0n) is 15.2. The maximum absolute atomic E-state index is 12.2. The fourth-order valence-electron chi connectivity index (χ4n) is 4.17. The average molecular weight is 345 g/mol. The van der Waals surface area contributed by atoms with Gasteiger partial charge in [0, 0.05) is 19.0 Å². The first-order valence-electron chi connectivity index (χ1n) is 9.65. The van der Waals surface area contributed by atoms with Crippen molar-refractivity contribution in [2.75, 3.05) is 20.1 Å². The van der Waals surface area contributed by atoms with Crippen LogP contribution < -0.4 is 10.6 Å². The Hall–Kier alpha value is -1.59. The van der Waals surface area contributed by atoms with Gasteiger partial charge in [0.05, 0.1) is 12.1 Å². The Kier molecular flexibility index (Phi) is 6.32. The van der Waals surface area contributed by atoms with E-state index >= 15 is 0 Å². The third kappa shape index (κ3) is 4.73. The van der Waals surface area contributed by atoms with E-state index in [2.05, 4.69) is 22.6 Å². The van der Waals surface area contributed by atoms with Crippen molar-refractivity contribution in [2.24, 2.45) is 0 Å². The number of aliphatic hydroxyl groups excluding tert-OH is 1. The van der Waals surface area contributed by atoms with E-state index in [0.717, 1.165) is 24.1 Å². The van der Waals surface area contributed by atoms with Crippen molar-refractivity contribution in [1.82, 2.24) is 15.5 Å². The molecule has 0 heterocycles. The van der Waals surface area contributed by atoms with Crippen LogP contribution in [-0.4, -0.2) is 48.3 Å². The van der Waals surface area contributed by atoms with Crippen LogP contribution >= 0.6 is 0 Å². The molecule has 2 aliphatic carbocycles. The van der Waals surface area contributed by atoms with Crippen LogP contribution in [-0.2, 0) is 6.42 Å². The van der Waals surface area contributed by atoms with Gasteiger partial charge >= 0.3 is 6.03 Å². The second kappa shape index (κ2) is 8.68. The van der Waals surface area contributed by atoms with E-state index in [9.17, 15) is 9.90 Å². The molecule has 5 heteroatoms. The third-order valence-corrected chi connectivity index (χ3v) is 5.66. The predicted octanol–water partition coefficient (Wildman–Crippen LogP) is 2.60. The Morgan fingerprint density at radius 2 is 2.00 bits per heavy atom. The molecule has 1 aromatic rings. The molecular formula is C20H31N3O2. The molecule has 2 unspecified atom stereocenters. The van der Waals surface area contributed by atoms with E-state index in [-0.39, 0.29) is 12.1 Å². The number of nitrogens with zero attached hydrogens (tertiary/aromatic N) is 1. The van der Waals surface area contributed by atoms with Crippen molar-refractivity contribution >= 4 is 6.03 Å². The normalized spacial score (nSPS) is 23.5. The minimum atomic E-state index is -0.541. The van der Waals surface area contributed by atoms with Crippen molar-refractivity contribution in [1.29, 1.82) is 0 Å². The fourth-order valence-corrected chi connectivity index (χ4v) is 4.17. The summed E-state index contributed by atoms with van der Waals surface area (Å²) in [6.45, 7) is 1.67. The van der Waals surface area contributed by atoms with Gasteiger partial charge in [-0.1, -0.05) is 43.5 Å². The van der Waals surface area contributed by atoms with Crippen molar-refractivity contribution in [3.8, 4) is 0 Å². The predicted molar refractivity (Wildman–Crippen MR) is 99.5 cm³/mol. The summed E-state index contributed by atoms with van der Waals surface area (Å²) >= 11 is 0. The number of urea groups is 1. The van der Waals surface area contributed by atoms with Crippen LogP contribution in [0.1, 0.15) is 55.7 Å². The lowest BCUT2D eigenvalue weighted by Crippen LogP contribution is -2.42. The minimum Gasteiger partial charge on any atom is -0.390 e. The largest absolute Gasteiger partial charge is 0.390 e. The molecule has 1 aromatic carbocycles. The number of hydrogen-bond acceptors (Lipinski definition) is 3. The summed E-state index contributed by atoms with van der Waals surface area (Å²) in [5.74, 6) is 0. The molecule has 3 rings (SSSR count). The van der Waals surface area contributed by atoms with E-state index in [0.29, 0.717) is 19.0 Å². The molecule has 5 nitrogen and oxygen atoms in total. The number of aliphatic hydroxyl groups is 1. The zero-order valence-corrected chi connectivity index (χ0v) is 15.2. The van der Waals surface area contributed by atoms with E-state index in [1.165, 1.54) is 32.1 Å². The summed E-state index contributed by atoms with van der Waals surface area (Å²) in [6, 6.07) is 8.13. The van der Waals surface area contributed by atoms with E-state index in [4.69, 9.17) is 0 Å². The number of hydrogen-bond donors (Lipinski definition) is 3. The fraction of sp³-hybridized carbons (Fsp3) is 0.650. The average Bonchev–Trinajstić information content (AvgIpc) is 2.95. The summed E-state index contributed by atoms with van der Waals surface area (Å²) in [5.41, 5.74) is 2.15. The first kappa shape index (κ1) is 18.2. The van der Waals surface area contributed by atoms with Gasteiger partial charge in [0.25, 0.3) is 0 Å². The molecule has 3 N–H and O–H groups in total. The molecule has 2 atom stereocenters. The highest BCUT2D eigenvalue weighted by Crippen LogP contribution is 2.31. The molecule has 2 amide bonds. The Morgan fingerprint density at radius 3 is 2.80 bits per heavy atom. The van der Waals surface area contributed by atoms with Gasteiger partial charge in [0.2, 0.25) is 0 Å². The van der Waals surface area contributed by atoms with E-state index in [1.807, 2.05) is 24.3 Å². The Morgan fingerprint density at radius 1 is 1.24 bits per heavy atom. The van der Waals surface area contributed by atoms with Crippen LogP contribution in [0.3, 0.4) is 0 Å². The van der Waals surface area contributed by atoms with Gasteiger partial charge in [-0.2, -0.15) is 0 Å². The second-order valence-electron chi connectivity index (χ2n) is 7.47. The van der Waals surface area contributed by atoms with Crippen molar-refractivity contribution in [2.45, 2.75) is 63.1 Å². The summed E-state index contributed by atoms with van der Waals surface area (Å²) in [4.78, 5) is 14.6. The number of nitrogens with one attached hydrogen (secondary N) is 2. The smallest absolute Gasteiger partial charge is 0.315 e. The standard InChI is InChI=1S/C20H31N3O2/c1-23(16-9-3-2-4-10-16)13-7-12-21-20(25)22-19-17-11-6-5-8-15(17)14-18(19)24/h5-6,8,11,16,18-19,24H,2-4,7,9-10,12-14H2,1H3,(H2,21,22,25). The first-order chi connectivity index (χ1) is 12.1. The highest BCUT2D eigenvalue weighted by molar-refractivity contribution is 5.74. The zero-order chi connectivity index (χ0) is 17.6. The summed E-state index contributed by atoms with van der Waals surface area (Å²) in [5, 5.41) is 16.1. The number of benzene rings is 1. The molecule has 1 saturated carbocycles. The second-order valence-corrected chi connectivity index (χ2v) is 7.47. The molecule has 0 radical (unpaired) electrons. The number of fused-ring (bicyclic) bond motifs is 1. The third-order valence-electron chi connectivity index (χ3n) is 5.66. The quantitative estimate of drug-likeness (QED) is 0.695. The SMILES string of the molecule is CN(CCCNC(=O)NC1c2ccccc2CC1O)C1CCCCC1. The molecule has 138 valence electrons. The molecular weight excluding hydrogens is 314 g/mol. The molecule has 25 heavy (non-hydrogen) atoms. The maximum atomic E-state index is 12.2. The molecule has 0 aliphatic heterocycles. The van der Waals surface area contributed by atoms with Crippen LogP contribution in [0.25, 0.3) is 0 Å². The number of carbonyl (C=O) groups excluding carboxylic acids is 1. The van der Waals surface area contributed by atoms with Gasteiger partial charge in [-0.15, -0.1) is 0 Å². The van der Waals surface area contributed by atoms with E-state index < -0.39 is 6.10 Å². The topological polar surface area (TPSA) is 64.6 Å². The van der Waals surface area contributed by atoms with Crippen LogP contribution in [0.4, 0.5) is 4.79 Å². The van der Waals surface area contributed by atoms with Crippen molar-refractivity contribution in [3.63, 3.8) is 0 Å². The lowest BCUT2D eigenvalue weighted by atomic mass is 9.94. The summed E-state index contributed by atoms with van der Waals surface area (Å²) < 4.78 is 0. The maximum Gasteiger partial charge on any atom is 0.315 e. The Bertz CT molecular complexity index is 572. The Balaban J connectivity index is 1.37. The van der Waals surface area contributed by atoms with Gasteiger partial charge in [-0.25, -0.2) is 4.79 Å². The summed E-state index contributed by atoms with van der Waals surface area (Å²) in [6.07, 6.45) is 7.70. The van der Waals surface area contributed by atoms with Crippen LogP contribution in [0.5, 0.6) is 0 Å². The first-order valence-corrected chi connectivity index (χ1v) is 9.65. The van der Waals surface area contributed by atoms with Crippen LogP contribution in [0, 0.1) is 0 Å². The highest BCUT2D eigenvalue weighted by Gasteiger charge is 2.31. The van der Waals surface area contributed by atoms with Crippen molar-refractivity contribution < 1.29 is 9.90 Å². The van der Waals surface area contributed by atoms with Gasteiger partial charge in [-0.05, 0) is 44.0 Å². The number of rotatable bonds is 6. The van der Waals surface area contributed by atoms with Gasteiger partial charge in [0.15, 0.2) is 0 Å². The van der Waals surface area contributed by atoms with E-state index in [1.54, 1.807) is 0 Å². The molecule has 1 fully saturated rings. The molecule has 2 aliphatic rings. The molecule has 0 spiro atoms. The minimum absolute atomic E-state index is 0.193. The summed E-state index contributed by atoms with van der Waals surface area (Å²) in [7, 11) is 2.20. The van der Waals surface area contributed by atoms with Crippen LogP contribution in [0.15, 0.2) is 24.3 Å². The molecule has 0 bridgehead atoms. The van der Waals surface area contributed by atoms with Gasteiger partial charge < -0.3 is 20.6 Å². The highest BCUT2D eigenvalue weighted by atomic mass is 16.3. The molecule has 0 saturated heterocycles. The number of carbonyl (C=O) groups is 1. The van der Waals surface area contributed by atoms with Crippen LogP contribution in [0.2, 0.25) is 0 Å². The number of amides is 2. The lowest BCUT2D eigenvalue weighted by molar-refractivity contribution is 0.142. The molecule has 0 aromatic heterocycles. The Labute approximate surface area is 150 Å². The van der Waals surface area contributed by atoms with Gasteiger partial charge in [0.1, 0.15) is 0 Å². The van der Waals surface area contributed by atoms with Crippen molar-refractivity contribution in [3.05, 3.63) is 35.4 Å². The monoisotopic (exact) mass is 345 g/mol.